The van der Waals surface area contributed by atoms with E-state index >= 15 is 0 Å². The van der Waals surface area contributed by atoms with Crippen LogP contribution in [-0.2, 0) is 10.8 Å². The van der Waals surface area contributed by atoms with E-state index < -0.39 is 0 Å². The maximum absolute atomic E-state index is 2.45. The van der Waals surface area contributed by atoms with E-state index in [2.05, 4.69) is 224 Å². The lowest BCUT2D eigenvalue weighted by atomic mass is 9.77. The summed E-state index contributed by atoms with van der Waals surface area (Å²) in [5.41, 5.74) is 13.0. The van der Waals surface area contributed by atoms with Crippen LogP contribution in [0.3, 0.4) is 0 Å². The molecule has 0 N–H and O–H groups in total. The highest BCUT2D eigenvalue weighted by Crippen LogP contribution is 2.48. The Kier molecular flexibility index (Phi) is 8.61. The minimum Gasteiger partial charge on any atom is -0.135 e. The summed E-state index contributed by atoms with van der Waals surface area (Å²) in [6.07, 6.45) is 0. The SMILES string of the molecule is CC(C)(C)c1cc(-c2c3ccccc3c(-c3ccc4c(c3)sc3ccc(-c5c6ccccc6c(-c6ccccc6)c6ccccc56)cc34)c3ccccc23)cc(C(C)(C)C)c1. The molecular weight excluding hydrogens is 753 g/mol. The summed E-state index contributed by atoms with van der Waals surface area (Å²) in [6.45, 7) is 14.0. The first-order valence-electron chi connectivity index (χ1n) is 21.6. The molecule has 11 aromatic rings. The van der Waals surface area contributed by atoms with Gasteiger partial charge in [-0.25, -0.2) is 0 Å². The Morgan fingerprint density at radius 1 is 0.262 bits per heavy atom. The lowest BCUT2D eigenvalue weighted by Crippen LogP contribution is -2.16. The van der Waals surface area contributed by atoms with Crippen molar-refractivity contribution in [3.05, 3.63) is 193 Å². The molecule has 11 rings (SSSR count). The molecule has 1 heterocycles. The van der Waals surface area contributed by atoms with Crippen molar-refractivity contribution in [1.82, 2.24) is 0 Å². The summed E-state index contributed by atoms with van der Waals surface area (Å²) in [5, 5.41) is 12.9. The van der Waals surface area contributed by atoms with Crippen molar-refractivity contribution in [2.45, 2.75) is 52.4 Å². The maximum Gasteiger partial charge on any atom is 0.0361 e. The Labute approximate surface area is 362 Å². The third kappa shape index (κ3) is 6.17. The summed E-state index contributed by atoms with van der Waals surface area (Å²) in [6, 6.07) is 68.6. The Morgan fingerprint density at radius 3 is 1.08 bits per heavy atom. The van der Waals surface area contributed by atoms with Crippen molar-refractivity contribution in [3.63, 3.8) is 0 Å². The number of fused-ring (bicyclic) bond motifs is 7. The van der Waals surface area contributed by atoms with Crippen molar-refractivity contribution < 1.29 is 0 Å². The second-order valence-electron chi connectivity index (χ2n) is 18.9. The van der Waals surface area contributed by atoms with Crippen LogP contribution >= 0.6 is 11.3 Å². The zero-order chi connectivity index (χ0) is 41.6. The smallest absolute Gasteiger partial charge is 0.0361 e. The van der Waals surface area contributed by atoms with Gasteiger partial charge in [-0.2, -0.15) is 0 Å². The zero-order valence-electron chi connectivity index (χ0n) is 35.7. The average molecular weight is 801 g/mol. The maximum atomic E-state index is 2.45. The van der Waals surface area contributed by atoms with Crippen LogP contribution in [0, 0.1) is 0 Å². The van der Waals surface area contributed by atoms with Crippen molar-refractivity contribution in [2.75, 3.05) is 0 Å². The van der Waals surface area contributed by atoms with Gasteiger partial charge in [0.25, 0.3) is 0 Å². The summed E-state index contributed by atoms with van der Waals surface area (Å²) in [4.78, 5) is 0. The number of rotatable bonds is 4. The first kappa shape index (κ1) is 37.5. The molecule has 0 aliphatic carbocycles. The molecule has 0 atom stereocenters. The molecule has 1 aromatic heterocycles. The van der Waals surface area contributed by atoms with Gasteiger partial charge in [0.2, 0.25) is 0 Å². The highest BCUT2D eigenvalue weighted by atomic mass is 32.1. The molecule has 0 fully saturated rings. The van der Waals surface area contributed by atoms with Gasteiger partial charge in [-0.1, -0.05) is 205 Å². The van der Waals surface area contributed by atoms with E-state index in [1.807, 2.05) is 11.3 Å². The highest BCUT2D eigenvalue weighted by Gasteiger charge is 2.24. The molecule has 0 aliphatic rings. The van der Waals surface area contributed by atoms with E-state index in [0.29, 0.717) is 0 Å². The molecule has 0 aliphatic heterocycles. The van der Waals surface area contributed by atoms with Crippen LogP contribution in [0.15, 0.2) is 182 Å². The number of hydrogen-bond donors (Lipinski definition) is 0. The van der Waals surface area contributed by atoms with E-state index in [-0.39, 0.29) is 10.8 Å². The van der Waals surface area contributed by atoms with Crippen molar-refractivity contribution >= 4 is 74.6 Å². The van der Waals surface area contributed by atoms with Gasteiger partial charge in [-0.05, 0) is 128 Å². The van der Waals surface area contributed by atoms with Gasteiger partial charge in [0.1, 0.15) is 0 Å². The molecule has 0 amide bonds. The quantitative estimate of drug-likeness (QED) is 0.156. The highest BCUT2D eigenvalue weighted by molar-refractivity contribution is 7.25. The lowest BCUT2D eigenvalue weighted by Gasteiger charge is -2.27. The van der Waals surface area contributed by atoms with E-state index in [1.165, 1.54) is 119 Å². The van der Waals surface area contributed by atoms with Gasteiger partial charge >= 0.3 is 0 Å². The van der Waals surface area contributed by atoms with E-state index in [4.69, 9.17) is 0 Å². The normalized spacial score (nSPS) is 12.4. The minimum absolute atomic E-state index is 0.0244. The van der Waals surface area contributed by atoms with Gasteiger partial charge in [0.15, 0.2) is 0 Å². The van der Waals surface area contributed by atoms with Crippen LogP contribution in [0.25, 0.3) is 108 Å². The predicted octanol–water partition coefficient (Wildman–Crippen LogP) is 17.9. The van der Waals surface area contributed by atoms with E-state index in [1.54, 1.807) is 0 Å². The standard InChI is InChI=1S/C60H48S/c1-59(2,3)41-32-40(33-42(36-41)60(4,5)6)58-50-26-16-14-24-48(50)57(49-25-15-17-27-51(49)58)39-28-30-43-52-34-38(29-31-53(52)61-54(43)35-39)56-46-22-12-10-20-44(46)55(37-18-8-7-9-19-37)45-21-11-13-23-47(45)56/h7-36H,1-6H3. The molecule has 0 nitrogen and oxygen atoms in total. The third-order valence-electron chi connectivity index (χ3n) is 12.9. The van der Waals surface area contributed by atoms with E-state index in [9.17, 15) is 0 Å². The van der Waals surface area contributed by atoms with Crippen LogP contribution in [0.2, 0.25) is 0 Å². The monoisotopic (exact) mass is 800 g/mol. The van der Waals surface area contributed by atoms with Crippen molar-refractivity contribution in [3.8, 4) is 44.5 Å². The zero-order valence-corrected chi connectivity index (χ0v) is 36.5. The molecule has 1 heteroatoms. The Bertz CT molecular complexity index is 3390. The van der Waals surface area contributed by atoms with Crippen LogP contribution in [-0.4, -0.2) is 0 Å². The Balaban J connectivity index is 1.11. The van der Waals surface area contributed by atoms with Crippen LogP contribution in [0.5, 0.6) is 0 Å². The molecule has 294 valence electrons. The molecule has 0 saturated heterocycles. The molecule has 0 bridgehead atoms. The summed E-state index contributed by atoms with van der Waals surface area (Å²) >= 11 is 1.90. The topological polar surface area (TPSA) is 0 Å². The summed E-state index contributed by atoms with van der Waals surface area (Å²) in [7, 11) is 0. The molecule has 61 heavy (non-hydrogen) atoms. The fourth-order valence-corrected chi connectivity index (χ4v) is 11.0. The van der Waals surface area contributed by atoms with Crippen LogP contribution < -0.4 is 0 Å². The number of hydrogen-bond acceptors (Lipinski definition) is 1. The molecule has 0 unspecified atom stereocenters. The molecular formula is C60H48S. The summed E-state index contributed by atoms with van der Waals surface area (Å²) in [5.74, 6) is 0. The fourth-order valence-electron chi connectivity index (χ4n) is 9.83. The number of benzene rings is 10. The predicted molar refractivity (Wildman–Crippen MR) is 268 cm³/mol. The third-order valence-corrected chi connectivity index (χ3v) is 14.1. The first-order chi connectivity index (χ1) is 29.5. The van der Waals surface area contributed by atoms with Gasteiger partial charge in [-0.3, -0.25) is 0 Å². The Morgan fingerprint density at radius 2 is 0.639 bits per heavy atom. The second-order valence-corrected chi connectivity index (χ2v) is 20.0. The average Bonchev–Trinajstić information content (AvgIpc) is 3.64. The van der Waals surface area contributed by atoms with Gasteiger partial charge in [0, 0.05) is 20.2 Å². The summed E-state index contributed by atoms with van der Waals surface area (Å²) < 4.78 is 2.62. The Hall–Kier alpha value is -6.54. The molecule has 0 saturated carbocycles. The fraction of sp³-hybridized carbons (Fsp3) is 0.133. The van der Waals surface area contributed by atoms with Gasteiger partial charge in [-0.15, -0.1) is 11.3 Å². The van der Waals surface area contributed by atoms with Crippen molar-refractivity contribution in [2.24, 2.45) is 0 Å². The first-order valence-corrected chi connectivity index (χ1v) is 22.4. The molecule has 0 spiro atoms. The lowest BCUT2D eigenvalue weighted by molar-refractivity contribution is 0.569. The van der Waals surface area contributed by atoms with Gasteiger partial charge in [0.05, 0.1) is 0 Å². The second kappa shape index (κ2) is 14.0. The largest absolute Gasteiger partial charge is 0.135 e. The van der Waals surface area contributed by atoms with Crippen LogP contribution in [0.1, 0.15) is 52.7 Å². The van der Waals surface area contributed by atoms with Gasteiger partial charge < -0.3 is 0 Å². The minimum atomic E-state index is 0.0244. The molecule has 10 aromatic carbocycles. The molecule has 0 radical (unpaired) electrons. The van der Waals surface area contributed by atoms with Crippen LogP contribution in [0.4, 0.5) is 0 Å². The van der Waals surface area contributed by atoms with E-state index in [0.717, 1.165) is 0 Å². The number of thiophene rings is 1. The van der Waals surface area contributed by atoms with Crippen molar-refractivity contribution in [1.29, 1.82) is 0 Å².